The van der Waals surface area contributed by atoms with E-state index < -0.39 is 6.09 Å². The number of ether oxygens (including phenoxy) is 2. The Hall–Kier alpha value is -2.50. The lowest BCUT2D eigenvalue weighted by atomic mass is 9.93. The summed E-state index contributed by atoms with van der Waals surface area (Å²) in [6.07, 6.45) is 1.16. The molecule has 116 valence electrons. The first-order valence-electron chi connectivity index (χ1n) is 7.09. The van der Waals surface area contributed by atoms with E-state index in [9.17, 15) is 4.79 Å². The number of fused-ring (bicyclic) bond motifs is 1. The maximum Gasteiger partial charge on any atom is 0.413 e. The predicted molar refractivity (Wildman–Crippen MR) is 78.8 cm³/mol. The predicted octanol–water partition coefficient (Wildman–Crippen LogP) is 3.15. The minimum Gasteiger partial charge on any atom is -0.480 e. The van der Waals surface area contributed by atoms with Gasteiger partial charge in [0.25, 0.3) is 0 Å². The summed E-state index contributed by atoms with van der Waals surface area (Å²) in [6.45, 7) is 6.80. The number of carbonyl (C=O) groups excluding carboxylic acids is 1. The molecule has 0 saturated carbocycles. The van der Waals surface area contributed by atoms with Gasteiger partial charge in [-0.25, -0.2) is 9.78 Å². The van der Waals surface area contributed by atoms with Crippen molar-refractivity contribution in [3.8, 4) is 11.5 Å². The molecule has 2 heterocycles. The standard InChI is InChI=1S/C16H18N2O4/c1-16(2,3)12-8-21-13(18-12)9-20-11-6-4-5-10-7-17-15(19)22-14(10)11/h4-6,8H,7,9H2,1-3H3,(H,17,19). The Labute approximate surface area is 128 Å². The number of rotatable bonds is 3. The van der Waals surface area contributed by atoms with E-state index in [1.165, 1.54) is 0 Å². The average Bonchev–Trinajstić information content (AvgIpc) is 2.94. The lowest BCUT2D eigenvalue weighted by Crippen LogP contribution is -2.31. The minimum atomic E-state index is -0.477. The van der Waals surface area contributed by atoms with Crippen LogP contribution in [-0.2, 0) is 18.6 Å². The second-order valence-corrected chi connectivity index (χ2v) is 6.15. The SMILES string of the molecule is CC(C)(C)c1coc(COc2cccc3c2OC(=O)NC3)n1. The maximum atomic E-state index is 11.3. The van der Waals surface area contributed by atoms with E-state index in [0.717, 1.165) is 11.3 Å². The summed E-state index contributed by atoms with van der Waals surface area (Å²) in [6, 6.07) is 5.49. The lowest BCUT2D eigenvalue weighted by molar-refractivity contribution is 0.188. The molecular formula is C16H18N2O4. The number of para-hydroxylation sites is 1. The highest BCUT2D eigenvalue weighted by molar-refractivity contribution is 5.74. The summed E-state index contributed by atoms with van der Waals surface area (Å²) < 4.78 is 16.3. The molecule has 1 aliphatic heterocycles. The fourth-order valence-corrected chi connectivity index (χ4v) is 2.09. The molecule has 0 aliphatic carbocycles. The molecule has 2 aromatic rings. The average molecular weight is 302 g/mol. The number of nitrogens with one attached hydrogen (secondary N) is 1. The smallest absolute Gasteiger partial charge is 0.413 e. The second kappa shape index (κ2) is 5.36. The zero-order valence-electron chi connectivity index (χ0n) is 12.8. The number of hydrogen-bond donors (Lipinski definition) is 1. The van der Waals surface area contributed by atoms with Gasteiger partial charge < -0.3 is 19.2 Å². The van der Waals surface area contributed by atoms with Gasteiger partial charge in [-0.3, -0.25) is 0 Å². The fourth-order valence-electron chi connectivity index (χ4n) is 2.09. The monoisotopic (exact) mass is 302 g/mol. The van der Waals surface area contributed by atoms with Crippen LogP contribution in [-0.4, -0.2) is 11.1 Å². The van der Waals surface area contributed by atoms with E-state index >= 15 is 0 Å². The summed E-state index contributed by atoms with van der Waals surface area (Å²) in [7, 11) is 0. The van der Waals surface area contributed by atoms with Crippen molar-refractivity contribution in [3.05, 3.63) is 41.6 Å². The van der Waals surface area contributed by atoms with Crippen LogP contribution in [0.3, 0.4) is 0 Å². The zero-order chi connectivity index (χ0) is 15.7. The van der Waals surface area contributed by atoms with Gasteiger partial charge in [-0.15, -0.1) is 0 Å². The van der Waals surface area contributed by atoms with Crippen LogP contribution in [0, 0.1) is 0 Å². The lowest BCUT2D eigenvalue weighted by Gasteiger charge is -2.19. The number of amides is 1. The summed E-state index contributed by atoms with van der Waals surface area (Å²) in [5.74, 6) is 1.44. The van der Waals surface area contributed by atoms with Crippen LogP contribution in [0.5, 0.6) is 11.5 Å². The number of benzene rings is 1. The van der Waals surface area contributed by atoms with Crippen molar-refractivity contribution in [1.82, 2.24) is 10.3 Å². The van der Waals surface area contributed by atoms with Crippen LogP contribution < -0.4 is 14.8 Å². The molecule has 1 aliphatic rings. The first kappa shape index (κ1) is 14.4. The van der Waals surface area contributed by atoms with Gasteiger partial charge in [0.2, 0.25) is 5.89 Å². The first-order chi connectivity index (χ1) is 10.4. The van der Waals surface area contributed by atoms with Crippen molar-refractivity contribution in [3.63, 3.8) is 0 Å². The Morgan fingerprint density at radius 2 is 2.18 bits per heavy atom. The van der Waals surface area contributed by atoms with Crippen molar-refractivity contribution in [2.24, 2.45) is 0 Å². The van der Waals surface area contributed by atoms with Crippen molar-refractivity contribution >= 4 is 6.09 Å². The molecular weight excluding hydrogens is 284 g/mol. The van der Waals surface area contributed by atoms with Gasteiger partial charge >= 0.3 is 6.09 Å². The van der Waals surface area contributed by atoms with Crippen LogP contribution in [0.2, 0.25) is 0 Å². The molecule has 3 rings (SSSR count). The van der Waals surface area contributed by atoms with Gasteiger partial charge in [0.05, 0.1) is 5.69 Å². The fraction of sp³-hybridized carbons (Fsp3) is 0.375. The van der Waals surface area contributed by atoms with Gasteiger partial charge in [0, 0.05) is 17.5 Å². The Morgan fingerprint density at radius 1 is 1.36 bits per heavy atom. The van der Waals surface area contributed by atoms with E-state index in [1.807, 2.05) is 12.1 Å². The summed E-state index contributed by atoms with van der Waals surface area (Å²) in [4.78, 5) is 15.8. The van der Waals surface area contributed by atoms with E-state index in [2.05, 4.69) is 31.1 Å². The van der Waals surface area contributed by atoms with Crippen molar-refractivity contribution < 1.29 is 18.7 Å². The van der Waals surface area contributed by atoms with Crippen LogP contribution in [0.1, 0.15) is 37.9 Å². The molecule has 0 bridgehead atoms. The van der Waals surface area contributed by atoms with Crippen molar-refractivity contribution in [2.75, 3.05) is 0 Å². The van der Waals surface area contributed by atoms with E-state index in [1.54, 1.807) is 12.3 Å². The number of hydrogen-bond acceptors (Lipinski definition) is 5. The van der Waals surface area contributed by atoms with E-state index in [4.69, 9.17) is 13.9 Å². The second-order valence-electron chi connectivity index (χ2n) is 6.15. The normalized spacial score (nSPS) is 14.0. The first-order valence-corrected chi connectivity index (χ1v) is 7.09. The molecule has 1 aromatic carbocycles. The molecule has 22 heavy (non-hydrogen) atoms. The van der Waals surface area contributed by atoms with Gasteiger partial charge in [-0.05, 0) is 6.07 Å². The van der Waals surface area contributed by atoms with E-state index in [-0.39, 0.29) is 12.0 Å². The third kappa shape index (κ3) is 2.90. The van der Waals surface area contributed by atoms with E-state index in [0.29, 0.717) is 23.9 Å². The van der Waals surface area contributed by atoms with Gasteiger partial charge in [0.15, 0.2) is 18.1 Å². The minimum absolute atomic E-state index is 0.0745. The van der Waals surface area contributed by atoms with Crippen LogP contribution >= 0.6 is 0 Å². The quantitative estimate of drug-likeness (QED) is 0.942. The van der Waals surface area contributed by atoms with Crippen molar-refractivity contribution in [1.29, 1.82) is 0 Å². The Kier molecular flexibility index (Phi) is 3.52. The number of oxazole rings is 1. The Balaban J connectivity index is 1.75. The van der Waals surface area contributed by atoms with Crippen molar-refractivity contribution in [2.45, 2.75) is 39.3 Å². The third-order valence-corrected chi connectivity index (χ3v) is 3.35. The molecule has 0 radical (unpaired) electrons. The molecule has 0 spiro atoms. The van der Waals surface area contributed by atoms with Gasteiger partial charge in [-0.2, -0.15) is 0 Å². The number of nitrogens with zero attached hydrogens (tertiary/aromatic N) is 1. The summed E-state index contributed by atoms with van der Waals surface area (Å²) >= 11 is 0. The maximum absolute atomic E-state index is 11.3. The van der Waals surface area contributed by atoms with Crippen LogP contribution in [0.15, 0.2) is 28.9 Å². The molecule has 1 N–H and O–H groups in total. The zero-order valence-corrected chi connectivity index (χ0v) is 12.8. The number of carbonyl (C=O) groups is 1. The molecule has 0 unspecified atom stereocenters. The molecule has 0 saturated heterocycles. The molecule has 6 heteroatoms. The largest absolute Gasteiger partial charge is 0.480 e. The molecule has 6 nitrogen and oxygen atoms in total. The van der Waals surface area contributed by atoms with Gasteiger partial charge in [0.1, 0.15) is 6.26 Å². The highest BCUT2D eigenvalue weighted by Gasteiger charge is 2.22. The van der Waals surface area contributed by atoms with Crippen LogP contribution in [0.25, 0.3) is 0 Å². The Bertz CT molecular complexity index is 700. The molecule has 0 atom stereocenters. The summed E-state index contributed by atoms with van der Waals surface area (Å²) in [5.41, 5.74) is 1.67. The molecule has 0 fully saturated rings. The highest BCUT2D eigenvalue weighted by atomic mass is 16.6. The highest BCUT2D eigenvalue weighted by Crippen LogP contribution is 2.33. The van der Waals surface area contributed by atoms with Gasteiger partial charge in [-0.1, -0.05) is 32.9 Å². The third-order valence-electron chi connectivity index (χ3n) is 3.35. The molecule has 1 amide bonds. The van der Waals surface area contributed by atoms with Crippen LogP contribution in [0.4, 0.5) is 4.79 Å². The Morgan fingerprint density at radius 3 is 2.91 bits per heavy atom. The molecule has 1 aromatic heterocycles. The topological polar surface area (TPSA) is 73.6 Å². The summed E-state index contributed by atoms with van der Waals surface area (Å²) in [5, 5.41) is 2.61. The number of aromatic nitrogens is 1.